The number of pyridine rings is 1. The van der Waals surface area contributed by atoms with E-state index in [0.717, 1.165) is 13.0 Å². The third-order valence-corrected chi connectivity index (χ3v) is 2.86. The molecule has 1 amide bonds. The minimum atomic E-state index is -0.564. The number of hydrogen-bond acceptors (Lipinski definition) is 3. The van der Waals surface area contributed by atoms with Crippen molar-refractivity contribution in [1.29, 1.82) is 0 Å². The predicted octanol–water partition coefficient (Wildman–Crippen LogP) is 0.655. The maximum Gasteiger partial charge on any atom is 0.255 e. The third kappa shape index (κ3) is 2.19. The molecule has 5 heteroatoms. The second kappa shape index (κ2) is 4.57. The van der Waals surface area contributed by atoms with Crippen LogP contribution in [0, 0.1) is 5.95 Å². The fourth-order valence-electron chi connectivity index (χ4n) is 1.87. The van der Waals surface area contributed by atoms with E-state index in [1.807, 2.05) is 7.05 Å². The summed E-state index contributed by atoms with van der Waals surface area (Å²) in [5.41, 5.74) is 0.443. The summed E-state index contributed by atoms with van der Waals surface area (Å²) in [5.74, 6) is -0.642. The largest absolute Gasteiger partial charge is 0.337 e. The Morgan fingerprint density at radius 3 is 3.00 bits per heavy atom. The molecule has 1 aliphatic rings. The van der Waals surface area contributed by atoms with E-state index in [1.54, 1.807) is 4.90 Å². The third-order valence-electron chi connectivity index (χ3n) is 2.86. The summed E-state index contributed by atoms with van der Waals surface area (Å²) in [7, 11) is 1.89. The average Bonchev–Trinajstić information content (AvgIpc) is 2.77. The lowest BCUT2D eigenvalue weighted by molar-refractivity contribution is 0.0789. The quantitative estimate of drug-likeness (QED) is 0.749. The van der Waals surface area contributed by atoms with Crippen molar-refractivity contribution >= 4 is 5.91 Å². The molecule has 1 N–H and O–H groups in total. The van der Waals surface area contributed by atoms with Crippen LogP contribution in [-0.4, -0.2) is 42.0 Å². The van der Waals surface area contributed by atoms with E-state index in [0.29, 0.717) is 18.2 Å². The molecule has 16 heavy (non-hydrogen) atoms. The topological polar surface area (TPSA) is 45.2 Å². The summed E-state index contributed by atoms with van der Waals surface area (Å²) in [6, 6.07) is 3.04. The van der Waals surface area contributed by atoms with Crippen LogP contribution in [0.25, 0.3) is 0 Å². The summed E-state index contributed by atoms with van der Waals surface area (Å²) in [5, 5.41) is 3.14. The van der Waals surface area contributed by atoms with Crippen molar-refractivity contribution in [2.45, 2.75) is 12.5 Å². The second-order valence-electron chi connectivity index (χ2n) is 3.90. The first kappa shape index (κ1) is 11.0. The maximum absolute atomic E-state index is 12.6. The fourth-order valence-corrected chi connectivity index (χ4v) is 1.87. The van der Waals surface area contributed by atoms with Crippen LogP contribution >= 0.6 is 0 Å². The number of likely N-dealkylation sites (N-methyl/N-ethyl adjacent to an activating group) is 1. The van der Waals surface area contributed by atoms with Crippen LogP contribution in [-0.2, 0) is 0 Å². The van der Waals surface area contributed by atoms with Crippen molar-refractivity contribution in [3.63, 3.8) is 0 Å². The van der Waals surface area contributed by atoms with Crippen LogP contribution in [0.1, 0.15) is 16.8 Å². The number of likely N-dealkylation sites (tertiary alicyclic amines) is 1. The van der Waals surface area contributed by atoms with E-state index in [-0.39, 0.29) is 5.91 Å². The first-order valence-corrected chi connectivity index (χ1v) is 5.29. The molecule has 0 bridgehead atoms. The summed E-state index contributed by atoms with van der Waals surface area (Å²) in [6.07, 6.45) is 2.24. The standard InChI is InChI=1S/C11H14FN3O/c1-13-9-4-5-15(7-9)11(16)8-2-3-10(12)14-6-8/h2-3,6,9,13H,4-5,7H2,1H3/t9-/m0/s1. The Morgan fingerprint density at radius 1 is 1.62 bits per heavy atom. The van der Waals surface area contributed by atoms with Gasteiger partial charge in [0.2, 0.25) is 5.95 Å². The second-order valence-corrected chi connectivity index (χ2v) is 3.90. The number of amides is 1. The zero-order valence-corrected chi connectivity index (χ0v) is 9.11. The zero-order valence-electron chi connectivity index (χ0n) is 9.11. The molecular weight excluding hydrogens is 209 g/mol. The van der Waals surface area contributed by atoms with Crippen molar-refractivity contribution < 1.29 is 9.18 Å². The van der Waals surface area contributed by atoms with Crippen LogP contribution in [0.5, 0.6) is 0 Å². The van der Waals surface area contributed by atoms with Gasteiger partial charge in [-0.3, -0.25) is 4.79 Å². The molecule has 0 aliphatic carbocycles. The SMILES string of the molecule is CN[C@H]1CCN(C(=O)c2ccc(F)nc2)C1. The van der Waals surface area contributed by atoms with Crippen LogP contribution in [0.15, 0.2) is 18.3 Å². The molecule has 0 saturated carbocycles. The van der Waals surface area contributed by atoms with Gasteiger partial charge < -0.3 is 10.2 Å². The van der Waals surface area contributed by atoms with Gasteiger partial charge in [0.05, 0.1) is 5.56 Å². The molecule has 1 aromatic heterocycles. The fraction of sp³-hybridized carbons (Fsp3) is 0.455. The molecule has 1 saturated heterocycles. The number of nitrogens with one attached hydrogen (secondary N) is 1. The molecule has 1 fully saturated rings. The first-order chi connectivity index (χ1) is 7.70. The highest BCUT2D eigenvalue weighted by Gasteiger charge is 2.25. The molecule has 1 aliphatic heterocycles. The van der Waals surface area contributed by atoms with Gasteiger partial charge in [-0.25, -0.2) is 4.98 Å². The highest BCUT2D eigenvalue weighted by molar-refractivity contribution is 5.94. The number of halogens is 1. The van der Waals surface area contributed by atoms with Gasteiger partial charge in [-0.2, -0.15) is 4.39 Å². The van der Waals surface area contributed by atoms with Crippen molar-refractivity contribution in [2.24, 2.45) is 0 Å². The maximum atomic E-state index is 12.6. The minimum absolute atomic E-state index is 0.0785. The van der Waals surface area contributed by atoms with Crippen molar-refractivity contribution in [3.05, 3.63) is 29.8 Å². The molecule has 0 spiro atoms. The molecule has 1 aromatic rings. The van der Waals surface area contributed by atoms with Gasteiger partial charge in [0.1, 0.15) is 0 Å². The van der Waals surface area contributed by atoms with Crippen LogP contribution in [0.3, 0.4) is 0 Å². The van der Waals surface area contributed by atoms with Gasteiger partial charge in [0.15, 0.2) is 0 Å². The summed E-state index contributed by atoms with van der Waals surface area (Å²) >= 11 is 0. The van der Waals surface area contributed by atoms with Crippen molar-refractivity contribution in [2.75, 3.05) is 20.1 Å². The van der Waals surface area contributed by atoms with Gasteiger partial charge in [-0.15, -0.1) is 0 Å². The molecule has 1 atom stereocenters. The van der Waals surface area contributed by atoms with Gasteiger partial charge in [-0.1, -0.05) is 0 Å². The zero-order chi connectivity index (χ0) is 11.5. The van der Waals surface area contributed by atoms with Crippen molar-refractivity contribution in [3.8, 4) is 0 Å². The van der Waals surface area contributed by atoms with E-state index < -0.39 is 5.95 Å². The molecule has 4 nitrogen and oxygen atoms in total. The Morgan fingerprint density at radius 2 is 2.44 bits per heavy atom. The van der Waals surface area contributed by atoms with Gasteiger partial charge in [0, 0.05) is 25.3 Å². The van der Waals surface area contributed by atoms with Gasteiger partial charge in [-0.05, 0) is 25.6 Å². The molecule has 86 valence electrons. The smallest absolute Gasteiger partial charge is 0.255 e. The summed E-state index contributed by atoms with van der Waals surface area (Å²) in [6.45, 7) is 1.44. The van der Waals surface area contributed by atoms with Crippen molar-refractivity contribution in [1.82, 2.24) is 15.2 Å². The van der Waals surface area contributed by atoms with E-state index in [1.165, 1.54) is 18.3 Å². The first-order valence-electron chi connectivity index (χ1n) is 5.29. The molecule has 2 rings (SSSR count). The van der Waals surface area contributed by atoms with Gasteiger partial charge >= 0.3 is 0 Å². The highest BCUT2D eigenvalue weighted by Crippen LogP contribution is 2.12. The Hall–Kier alpha value is -1.49. The summed E-state index contributed by atoms with van der Waals surface area (Å²) < 4.78 is 12.6. The number of aromatic nitrogens is 1. The molecule has 2 heterocycles. The highest BCUT2D eigenvalue weighted by atomic mass is 19.1. The number of hydrogen-bond donors (Lipinski definition) is 1. The van der Waals surface area contributed by atoms with Crippen LogP contribution in [0.4, 0.5) is 4.39 Å². The Labute approximate surface area is 93.5 Å². The van der Waals surface area contributed by atoms with Crippen LogP contribution in [0.2, 0.25) is 0 Å². The molecule has 0 aromatic carbocycles. The lowest BCUT2D eigenvalue weighted by atomic mass is 10.2. The van der Waals surface area contributed by atoms with E-state index >= 15 is 0 Å². The summed E-state index contributed by atoms with van der Waals surface area (Å²) in [4.78, 5) is 17.2. The van der Waals surface area contributed by atoms with Gasteiger partial charge in [0.25, 0.3) is 5.91 Å². The Kier molecular flexibility index (Phi) is 3.14. The lowest BCUT2D eigenvalue weighted by Gasteiger charge is -2.16. The number of carbonyl (C=O) groups is 1. The average molecular weight is 223 g/mol. The Bertz CT molecular complexity index is 379. The van der Waals surface area contributed by atoms with E-state index in [9.17, 15) is 9.18 Å². The van der Waals surface area contributed by atoms with E-state index in [2.05, 4.69) is 10.3 Å². The normalized spacial score (nSPS) is 20.1. The number of carbonyl (C=O) groups excluding carboxylic acids is 1. The lowest BCUT2D eigenvalue weighted by Crippen LogP contribution is -2.33. The molecular formula is C11H14FN3O. The monoisotopic (exact) mass is 223 g/mol. The van der Waals surface area contributed by atoms with E-state index in [4.69, 9.17) is 0 Å². The minimum Gasteiger partial charge on any atom is -0.337 e. The molecule has 0 radical (unpaired) electrons. The Balaban J connectivity index is 2.05. The van der Waals surface area contributed by atoms with Crippen LogP contribution < -0.4 is 5.32 Å². The number of rotatable bonds is 2. The number of nitrogens with zero attached hydrogens (tertiary/aromatic N) is 2. The predicted molar refractivity (Wildman–Crippen MR) is 57.6 cm³/mol. The molecule has 0 unspecified atom stereocenters.